The Balaban J connectivity index is 0.879. The minimum atomic E-state index is -0.942. The molecule has 324 valence electrons. The summed E-state index contributed by atoms with van der Waals surface area (Å²) in [6.07, 6.45) is 7.88. The summed E-state index contributed by atoms with van der Waals surface area (Å²) in [4.78, 5) is 72.7. The van der Waals surface area contributed by atoms with Crippen molar-refractivity contribution in [3.05, 3.63) is 138 Å². The van der Waals surface area contributed by atoms with Crippen molar-refractivity contribution in [3.8, 4) is 39.7 Å². The predicted molar refractivity (Wildman–Crippen MR) is 235 cm³/mol. The van der Waals surface area contributed by atoms with Crippen molar-refractivity contribution in [3.63, 3.8) is 0 Å². The zero-order chi connectivity index (χ0) is 43.9. The second-order valence-corrected chi connectivity index (χ2v) is 16.1. The van der Waals surface area contributed by atoms with E-state index < -0.39 is 30.7 Å². The average molecular weight is 860 g/mol. The Kier molecular flexibility index (Phi) is 10.6. The van der Waals surface area contributed by atoms with Crippen LogP contribution in [0.1, 0.15) is 72.6 Å². The van der Waals surface area contributed by atoms with Gasteiger partial charge in [-0.25, -0.2) is 14.8 Å². The number of fused-ring (bicyclic) bond motifs is 2. The van der Waals surface area contributed by atoms with Crippen molar-refractivity contribution in [1.29, 1.82) is 0 Å². The van der Waals surface area contributed by atoms with E-state index in [9.17, 15) is 24.3 Å². The number of imidazole rings is 2. The zero-order valence-corrected chi connectivity index (χ0v) is 34.9. The molecule has 0 radical (unpaired) electrons. The highest BCUT2D eigenvalue weighted by molar-refractivity contribution is 6.00. The van der Waals surface area contributed by atoms with Crippen LogP contribution in [-0.4, -0.2) is 90.0 Å². The van der Waals surface area contributed by atoms with E-state index >= 15 is 0 Å². The van der Waals surface area contributed by atoms with Gasteiger partial charge in [0.2, 0.25) is 11.8 Å². The molecule has 4 atom stereocenters. The Morgan fingerprint density at radius 1 is 0.766 bits per heavy atom. The Morgan fingerprint density at radius 2 is 1.38 bits per heavy atom. The van der Waals surface area contributed by atoms with Crippen LogP contribution in [0.15, 0.2) is 116 Å². The van der Waals surface area contributed by atoms with Crippen molar-refractivity contribution in [1.82, 2.24) is 44.9 Å². The van der Waals surface area contributed by atoms with Crippen molar-refractivity contribution in [2.45, 2.75) is 49.9 Å². The van der Waals surface area contributed by atoms with E-state index in [0.29, 0.717) is 53.8 Å². The number of methoxy groups -OCH3 is 1. The number of hydrogen-bond donors (Lipinski definition) is 5. The number of ether oxygens (including phenoxy) is 2. The first kappa shape index (κ1) is 40.4. The van der Waals surface area contributed by atoms with Crippen LogP contribution in [0.3, 0.4) is 0 Å². The van der Waals surface area contributed by atoms with E-state index in [1.165, 1.54) is 7.11 Å². The number of likely N-dealkylation sites (tertiary alicyclic amines) is 2. The molecule has 0 bridgehead atoms. The third-order valence-corrected chi connectivity index (χ3v) is 12.4. The quantitative estimate of drug-likeness (QED) is 0.0929. The molecule has 0 saturated carbocycles. The summed E-state index contributed by atoms with van der Waals surface area (Å²) in [5, 5.41) is 15.8. The molecular formula is C48H45N9O7. The van der Waals surface area contributed by atoms with Crippen molar-refractivity contribution in [2.75, 3.05) is 26.8 Å². The first-order valence-corrected chi connectivity index (χ1v) is 21.3. The van der Waals surface area contributed by atoms with Crippen molar-refractivity contribution >= 4 is 34.7 Å². The highest BCUT2D eigenvalue weighted by atomic mass is 16.5. The van der Waals surface area contributed by atoms with Gasteiger partial charge >= 0.3 is 6.09 Å². The van der Waals surface area contributed by atoms with Gasteiger partial charge in [-0.3, -0.25) is 14.4 Å². The molecule has 3 aliphatic rings. The number of carbonyl (C=O) groups is 4. The van der Waals surface area contributed by atoms with Gasteiger partial charge in [-0.05, 0) is 67.1 Å². The lowest BCUT2D eigenvalue weighted by molar-refractivity contribution is -0.138. The fraction of sp³-hybridized carbons (Fsp3) is 0.250. The standard InChI is InChI=1S/C48H45N9O7/c1-63-48(62)54-42(29-12-6-3-7-13-29)47(61)57-22-8-14-36(57)44-49-25-33(51-44)30-16-18-35-39(24-30)64-38-19-17-31(32-20-23-55(35)43(32)38)34-26-50-45(52-34)37-15-9-21-56(37)46(60)41(53-40(59)27-58)28-10-4-2-5-11-28/h2-7,10-13,16-20,23-26,36-37,41-42,58H,8-9,14-15,21-22,27H2,1H3,(H,49,51)(H,50,52)(H,53,59)(H,54,62)/t36-,37-,41+,42+/m0/s1. The molecule has 3 aromatic heterocycles. The molecule has 2 saturated heterocycles. The molecule has 4 aromatic carbocycles. The zero-order valence-electron chi connectivity index (χ0n) is 34.9. The summed E-state index contributed by atoms with van der Waals surface area (Å²) in [7, 11) is 1.27. The van der Waals surface area contributed by atoms with Crippen LogP contribution < -0.4 is 15.4 Å². The summed E-state index contributed by atoms with van der Waals surface area (Å²) in [6, 6.07) is 27.7. The topological polar surface area (TPSA) is 200 Å². The lowest BCUT2D eigenvalue weighted by Gasteiger charge is -2.28. The van der Waals surface area contributed by atoms with Gasteiger partial charge in [0.25, 0.3) is 5.91 Å². The fourth-order valence-electron chi connectivity index (χ4n) is 9.33. The van der Waals surface area contributed by atoms with Crippen molar-refractivity contribution in [2.24, 2.45) is 0 Å². The van der Waals surface area contributed by atoms with Gasteiger partial charge in [-0.1, -0.05) is 66.7 Å². The van der Waals surface area contributed by atoms with E-state index in [1.54, 1.807) is 34.3 Å². The van der Waals surface area contributed by atoms with Gasteiger partial charge in [0.05, 0.1) is 54.2 Å². The fourth-order valence-corrected chi connectivity index (χ4v) is 9.33. The van der Waals surface area contributed by atoms with E-state index in [0.717, 1.165) is 58.4 Å². The summed E-state index contributed by atoms with van der Waals surface area (Å²) < 4.78 is 13.5. The number of H-pyrrole nitrogens is 2. The smallest absolute Gasteiger partial charge is 0.407 e. The Morgan fingerprint density at radius 3 is 2.00 bits per heavy atom. The van der Waals surface area contributed by atoms with Gasteiger partial charge in [-0.2, -0.15) is 0 Å². The average Bonchev–Trinajstić information content (AvgIpc) is 4.20. The Labute approximate surface area is 367 Å². The molecule has 0 aliphatic carbocycles. The lowest BCUT2D eigenvalue weighted by Crippen LogP contribution is -2.43. The number of rotatable bonds is 11. The van der Waals surface area contributed by atoms with E-state index in [1.807, 2.05) is 85.1 Å². The number of carbonyl (C=O) groups excluding carboxylic acids is 4. The normalized spacial score (nSPS) is 17.4. The second-order valence-electron chi connectivity index (χ2n) is 16.1. The first-order valence-electron chi connectivity index (χ1n) is 21.3. The molecule has 5 N–H and O–H groups in total. The molecule has 0 spiro atoms. The minimum absolute atomic E-state index is 0.236. The van der Waals surface area contributed by atoms with Crippen LogP contribution in [-0.2, 0) is 19.1 Å². The Bertz CT molecular complexity index is 2890. The van der Waals surface area contributed by atoms with Gasteiger partial charge < -0.3 is 49.5 Å². The molecule has 7 aromatic rings. The number of aromatic amines is 2. The molecule has 3 aliphatic heterocycles. The predicted octanol–water partition coefficient (Wildman–Crippen LogP) is 6.79. The summed E-state index contributed by atoms with van der Waals surface area (Å²) in [6.45, 7) is 0.313. The van der Waals surface area contributed by atoms with E-state index in [4.69, 9.17) is 19.4 Å². The highest BCUT2D eigenvalue weighted by Crippen LogP contribution is 2.46. The molecule has 16 heteroatoms. The van der Waals surface area contributed by atoms with Gasteiger partial charge in [0, 0.05) is 35.8 Å². The van der Waals surface area contributed by atoms with Crippen LogP contribution >= 0.6 is 0 Å². The molecule has 16 nitrogen and oxygen atoms in total. The number of hydrogen-bond acceptors (Lipinski definition) is 9. The maximum Gasteiger partial charge on any atom is 0.407 e. The second kappa shape index (κ2) is 16.9. The highest BCUT2D eigenvalue weighted by Gasteiger charge is 2.39. The van der Waals surface area contributed by atoms with E-state index in [2.05, 4.69) is 31.2 Å². The molecule has 64 heavy (non-hydrogen) atoms. The SMILES string of the molecule is COC(=O)N[C@@H](C(=O)N1CCC[C@H]1c1ncc(-c2ccc3c(c2)Oc2ccc(-c4cnc([C@@H]5CCCN5C(=O)[C@H](NC(=O)CO)c5ccccc5)[nH]4)c4ccn-3c24)[nH]1)c1ccccc1. The number of alkyl carbamates (subject to hydrolysis) is 1. The summed E-state index contributed by atoms with van der Waals surface area (Å²) >= 11 is 0. The number of nitrogens with zero attached hydrogens (tertiary/aromatic N) is 5. The Hall–Kier alpha value is -7.72. The molecule has 4 amide bonds. The number of aromatic nitrogens is 5. The largest absolute Gasteiger partial charge is 0.453 e. The summed E-state index contributed by atoms with van der Waals surface area (Å²) in [5.41, 5.74) is 6.42. The maximum absolute atomic E-state index is 14.0. The van der Waals surface area contributed by atoms with Crippen LogP contribution in [0.25, 0.3) is 39.1 Å². The van der Waals surface area contributed by atoms with Crippen LogP contribution in [0.5, 0.6) is 11.5 Å². The summed E-state index contributed by atoms with van der Waals surface area (Å²) in [5.74, 6) is 1.55. The van der Waals surface area contributed by atoms with Crippen LogP contribution in [0.2, 0.25) is 0 Å². The number of aliphatic hydroxyl groups excluding tert-OH is 1. The molecule has 2 fully saturated rings. The van der Waals surface area contributed by atoms with Gasteiger partial charge in [-0.15, -0.1) is 0 Å². The molecular weight excluding hydrogens is 815 g/mol. The monoisotopic (exact) mass is 859 g/mol. The maximum atomic E-state index is 14.0. The lowest BCUT2D eigenvalue weighted by atomic mass is 10.0. The first-order chi connectivity index (χ1) is 31.3. The third kappa shape index (κ3) is 7.30. The molecule has 6 heterocycles. The number of nitrogens with one attached hydrogen (secondary N) is 4. The molecule has 0 unspecified atom stereocenters. The third-order valence-electron chi connectivity index (χ3n) is 12.4. The van der Waals surface area contributed by atoms with Crippen LogP contribution in [0.4, 0.5) is 4.79 Å². The number of amides is 4. The van der Waals surface area contributed by atoms with Gasteiger partial charge in [0.15, 0.2) is 11.5 Å². The van der Waals surface area contributed by atoms with E-state index in [-0.39, 0.29) is 23.9 Å². The minimum Gasteiger partial charge on any atom is -0.453 e. The molecule has 10 rings (SSSR count). The number of aliphatic hydroxyl groups is 1. The van der Waals surface area contributed by atoms with Crippen LogP contribution in [0, 0.1) is 0 Å². The van der Waals surface area contributed by atoms with Gasteiger partial charge in [0.1, 0.15) is 30.3 Å². The van der Waals surface area contributed by atoms with Crippen molar-refractivity contribution < 1.29 is 33.8 Å². The number of benzene rings is 4.